The van der Waals surface area contributed by atoms with Gasteiger partial charge in [0.25, 0.3) is 11.8 Å². The molecule has 0 unspecified atom stereocenters. The second-order valence-corrected chi connectivity index (χ2v) is 8.22. The molecule has 5 nitrogen and oxygen atoms in total. The van der Waals surface area contributed by atoms with Gasteiger partial charge in [-0.05, 0) is 60.2 Å². The highest BCUT2D eigenvalue weighted by molar-refractivity contribution is 6.08. The van der Waals surface area contributed by atoms with E-state index in [1.165, 1.54) is 24.3 Å². The molecule has 3 aromatic carbocycles. The summed E-state index contributed by atoms with van der Waals surface area (Å²) in [5.41, 5.74) is 2.05. The molecule has 0 spiro atoms. The first kappa shape index (κ1) is 22.5. The maximum absolute atomic E-state index is 13.5. The number of rotatable bonds is 3. The zero-order chi connectivity index (χ0) is 24.6. The average molecular weight is 475 g/mol. The molecule has 1 N–H and O–H groups in total. The van der Waals surface area contributed by atoms with Crippen LogP contribution in [-0.4, -0.2) is 16.4 Å². The first-order valence-corrected chi connectivity index (χ1v) is 10.9. The molecule has 2 amide bonds. The van der Waals surface area contributed by atoms with Crippen LogP contribution in [0.4, 0.5) is 24.5 Å². The fourth-order valence-corrected chi connectivity index (χ4v) is 4.25. The molecule has 0 atom stereocenters. The van der Waals surface area contributed by atoms with Gasteiger partial charge in [-0.15, -0.1) is 0 Å². The Morgan fingerprint density at radius 3 is 2.29 bits per heavy atom. The van der Waals surface area contributed by atoms with Crippen molar-refractivity contribution in [3.8, 4) is 0 Å². The summed E-state index contributed by atoms with van der Waals surface area (Å²) in [6.07, 6.45) is -2.66. The number of fused-ring (bicyclic) bond motifs is 2. The number of halogens is 3. The Labute approximate surface area is 199 Å². The van der Waals surface area contributed by atoms with E-state index in [4.69, 9.17) is 0 Å². The van der Waals surface area contributed by atoms with Gasteiger partial charge in [0.15, 0.2) is 0 Å². The molecule has 0 aliphatic carbocycles. The van der Waals surface area contributed by atoms with Crippen molar-refractivity contribution in [3.05, 3.63) is 119 Å². The summed E-state index contributed by atoms with van der Waals surface area (Å²) in [5.74, 6) is -1.09. The second kappa shape index (κ2) is 8.79. The van der Waals surface area contributed by atoms with E-state index in [-0.39, 0.29) is 11.6 Å². The van der Waals surface area contributed by atoms with Crippen LogP contribution in [0.2, 0.25) is 0 Å². The Morgan fingerprint density at radius 2 is 1.51 bits per heavy atom. The third-order valence-electron chi connectivity index (χ3n) is 5.98. The van der Waals surface area contributed by atoms with E-state index in [2.05, 4.69) is 9.88 Å². The lowest BCUT2D eigenvalue weighted by Crippen LogP contribution is -2.30. The van der Waals surface area contributed by atoms with E-state index in [9.17, 15) is 22.8 Å². The number of hydrogen-bond acceptors (Lipinski definition) is 2. The molecule has 0 bridgehead atoms. The summed E-state index contributed by atoms with van der Waals surface area (Å²) < 4.78 is 41.8. The predicted octanol–water partition coefficient (Wildman–Crippen LogP) is 5.97. The highest BCUT2D eigenvalue weighted by Crippen LogP contribution is 2.32. The van der Waals surface area contributed by atoms with Crippen molar-refractivity contribution in [2.24, 2.45) is 0 Å². The molecular formula is C27H20F3N3O2. The zero-order valence-electron chi connectivity index (χ0n) is 18.4. The van der Waals surface area contributed by atoms with Crippen LogP contribution in [0.25, 0.3) is 0 Å². The normalized spacial score (nSPS) is 12.9. The molecular weight excluding hydrogens is 455 g/mol. The molecule has 1 aliphatic rings. The number of alkyl halides is 3. The Bertz CT molecular complexity index is 1410. The molecule has 35 heavy (non-hydrogen) atoms. The molecule has 2 heterocycles. The van der Waals surface area contributed by atoms with Gasteiger partial charge in [0, 0.05) is 35.4 Å². The van der Waals surface area contributed by atoms with E-state index in [0.29, 0.717) is 18.7 Å². The van der Waals surface area contributed by atoms with E-state index in [0.717, 1.165) is 29.1 Å². The third kappa shape index (κ3) is 4.42. The third-order valence-corrected chi connectivity index (χ3v) is 5.98. The quantitative estimate of drug-likeness (QED) is 0.397. The van der Waals surface area contributed by atoms with Gasteiger partial charge in [-0.2, -0.15) is 13.2 Å². The molecule has 5 rings (SSSR count). The van der Waals surface area contributed by atoms with Crippen molar-refractivity contribution < 1.29 is 22.8 Å². The van der Waals surface area contributed by atoms with Crippen LogP contribution in [0, 0.1) is 0 Å². The Balaban J connectivity index is 1.38. The molecule has 0 saturated heterocycles. The largest absolute Gasteiger partial charge is 0.417 e. The minimum Gasteiger partial charge on any atom is -0.345 e. The average Bonchev–Trinajstić information content (AvgIpc) is 3.22. The highest BCUT2D eigenvalue weighted by Gasteiger charge is 2.35. The number of nitrogens with zero attached hydrogens (tertiary/aromatic N) is 2. The number of hydrogen-bond donors (Lipinski definition) is 1. The summed E-state index contributed by atoms with van der Waals surface area (Å²) >= 11 is 0. The number of aromatic nitrogens is 1. The molecule has 8 heteroatoms. The van der Waals surface area contributed by atoms with Gasteiger partial charge in [-0.25, -0.2) is 0 Å². The van der Waals surface area contributed by atoms with Crippen molar-refractivity contribution >= 4 is 23.2 Å². The van der Waals surface area contributed by atoms with Crippen LogP contribution in [0.1, 0.15) is 37.5 Å². The summed E-state index contributed by atoms with van der Waals surface area (Å²) in [6, 6.07) is 22.4. The summed E-state index contributed by atoms with van der Waals surface area (Å²) in [6.45, 7) is 1.06. The lowest BCUT2D eigenvalue weighted by molar-refractivity contribution is -0.137. The summed E-state index contributed by atoms with van der Waals surface area (Å²) in [7, 11) is 0. The van der Waals surface area contributed by atoms with Gasteiger partial charge in [-0.1, -0.05) is 30.3 Å². The molecule has 176 valence electrons. The van der Waals surface area contributed by atoms with Gasteiger partial charge in [0.1, 0.15) is 0 Å². The van der Waals surface area contributed by atoms with Crippen LogP contribution in [-0.2, 0) is 19.3 Å². The van der Waals surface area contributed by atoms with Crippen molar-refractivity contribution in [1.82, 2.24) is 4.57 Å². The summed E-state index contributed by atoms with van der Waals surface area (Å²) in [4.78, 5) is 27.7. The standard InChI is InChI=1S/C27H20F3N3O2/c28-27(29,30)23-9-3-2-8-22(23)25(34)31-20-13-11-18(12-14-20)26(35)33-17-21-7-5-15-32(21)16-19-6-1-4-10-24(19)33/h1-15H,16-17H2,(H,31,34). The maximum Gasteiger partial charge on any atom is 0.417 e. The van der Waals surface area contributed by atoms with Gasteiger partial charge in [-0.3, -0.25) is 9.59 Å². The number of carbonyl (C=O) groups excluding carboxylic acids is 2. The predicted molar refractivity (Wildman–Crippen MR) is 126 cm³/mol. The van der Waals surface area contributed by atoms with Crippen molar-refractivity contribution in [3.63, 3.8) is 0 Å². The summed E-state index contributed by atoms with van der Waals surface area (Å²) in [5, 5.41) is 2.48. The molecule has 0 fully saturated rings. The fraction of sp³-hybridized carbons (Fsp3) is 0.111. The number of nitrogens with one attached hydrogen (secondary N) is 1. The Kier molecular flexibility index (Phi) is 5.64. The smallest absolute Gasteiger partial charge is 0.345 e. The first-order valence-electron chi connectivity index (χ1n) is 10.9. The zero-order valence-corrected chi connectivity index (χ0v) is 18.4. The lowest BCUT2D eigenvalue weighted by atomic mass is 10.1. The number of benzene rings is 3. The van der Waals surface area contributed by atoms with E-state index >= 15 is 0 Å². The van der Waals surface area contributed by atoms with Crippen LogP contribution in [0.3, 0.4) is 0 Å². The maximum atomic E-state index is 13.5. The number of para-hydroxylation sites is 1. The van der Waals surface area contributed by atoms with Crippen LogP contribution in [0.15, 0.2) is 91.1 Å². The van der Waals surface area contributed by atoms with Gasteiger partial charge >= 0.3 is 6.18 Å². The number of carbonyl (C=O) groups is 2. The minimum atomic E-state index is -4.65. The van der Waals surface area contributed by atoms with Crippen LogP contribution < -0.4 is 10.2 Å². The molecule has 4 aromatic rings. The van der Waals surface area contributed by atoms with Gasteiger partial charge in [0.05, 0.1) is 17.7 Å². The molecule has 1 aliphatic heterocycles. The Hall–Kier alpha value is -4.33. The topological polar surface area (TPSA) is 54.3 Å². The van der Waals surface area contributed by atoms with E-state index < -0.39 is 23.2 Å². The Morgan fingerprint density at radius 1 is 0.800 bits per heavy atom. The molecule has 0 saturated carbocycles. The first-order chi connectivity index (χ1) is 16.8. The van der Waals surface area contributed by atoms with E-state index in [1.54, 1.807) is 17.0 Å². The molecule has 0 radical (unpaired) electrons. The SMILES string of the molecule is O=C(Nc1ccc(C(=O)N2Cc3cccn3Cc3ccccc32)cc1)c1ccccc1C(F)(F)F. The van der Waals surface area contributed by atoms with E-state index in [1.807, 2.05) is 42.6 Å². The second-order valence-electron chi connectivity index (χ2n) is 8.22. The number of amides is 2. The number of anilines is 2. The lowest BCUT2D eigenvalue weighted by Gasteiger charge is -2.23. The highest BCUT2D eigenvalue weighted by atomic mass is 19.4. The van der Waals surface area contributed by atoms with Crippen LogP contribution >= 0.6 is 0 Å². The van der Waals surface area contributed by atoms with Gasteiger partial charge < -0.3 is 14.8 Å². The van der Waals surface area contributed by atoms with Crippen molar-refractivity contribution in [1.29, 1.82) is 0 Å². The molecule has 1 aromatic heterocycles. The van der Waals surface area contributed by atoms with Crippen LogP contribution in [0.5, 0.6) is 0 Å². The fourth-order valence-electron chi connectivity index (χ4n) is 4.25. The minimum absolute atomic E-state index is 0.215. The monoisotopic (exact) mass is 475 g/mol. The van der Waals surface area contributed by atoms with Crippen molar-refractivity contribution in [2.75, 3.05) is 10.2 Å². The van der Waals surface area contributed by atoms with Gasteiger partial charge in [0.2, 0.25) is 0 Å². The van der Waals surface area contributed by atoms with Crippen molar-refractivity contribution in [2.45, 2.75) is 19.3 Å².